The van der Waals surface area contributed by atoms with Crippen molar-refractivity contribution in [1.29, 1.82) is 5.26 Å². The molecule has 0 saturated carbocycles. The second-order valence-corrected chi connectivity index (χ2v) is 6.20. The highest BCUT2D eigenvalue weighted by Crippen LogP contribution is 2.20. The Morgan fingerprint density at radius 1 is 1.50 bits per heavy atom. The van der Waals surface area contributed by atoms with Crippen LogP contribution in [0.3, 0.4) is 0 Å². The maximum Gasteiger partial charge on any atom is 0.243 e. The van der Waals surface area contributed by atoms with E-state index in [1.54, 1.807) is 12.1 Å². The first-order valence-corrected chi connectivity index (χ1v) is 7.22. The molecule has 2 rings (SSSR count). The Bertz CT molecular complexity index is 577. The van der Waals surface area contributed by atoms with Gasteiger partial charge in [0, 0.05) is 25.7 Å². The van der Waals surface area contributed by atoms with Crippen LogP contribution >= 0.6 is 0 Å². The maximum absolute atomic E-state index is 12.5. The fourth-order valence-electron chi connectivity index (χ4n) is 2.04. The Morgan fingerprint density at radius 2 is 2.28 bits per heavy atom. The second kappa shape index (κ2) is 5.06. The van der Waals surface area contributed by atoms with Gasteiger partial charge in [-0.3, -0.25) is 0 Å². The number of nitriles is 1. The number of nitrogens with one attached hydrogen (secondary N) is 1. The van der Waals surface area contributed by atoms with Crippen molar-refractivity contribution in [2.45, 2.75) is 17.9 Å². The summed E-state index contributed by atoms with van der Waals surface area (Å²) in [6.45, 7) is 3.64. The SMILES string of the molecule is C[C@H]1CNCCN1S(=O)(=O)c1cccc(C#N)c1. The smallest absolute Gasteiger partial charge is 0.243 e. The van der Waals surface area contributed by atoms with E-state index in [-0.39, 0.29) is 10.9 Å². The summed E-state index contributed by atoms with van der Waals surface area (Å²) in [7, 11) is -3.50. The predicted molar refractivity (Wildman–Crippen MR) is 67.4 cm³/mol. The lowest BCUT2D eigenvalue weighted by Gasteiger charge is -2.32. The fraction of sp³-hybridized carbons (Fsp3) is 0.417. The molecule has 0 unspecified atom stereocenters. The molecule has 1 aromatic rings. The molecule has 18 heavy (non-hydrogen) atoms. The van der Waals surface area contributed by atoms with Crippen molar-refractivity contribution in [1.82, 2.24) is 9.62 Å². The highest BCUT2D eigenvalue weighted by atomic mass is 32.2. The molecule has 1 atom stereocenters. The van der Waals surface area contributed by atoms with E-state index in [1.165, 1.54) is 16.4 Å². The van der Waals surface area contributed by atoms with Gasteiger partial charge in [0.15, 0.2) is 0 Å². The quantitative estimate of drug-likeness (QED) is 0.847. The van der Waals surface area contributed by atoms with Crippen LogP contribution in [0.5, 0.6) is 0 Å². The summed E-state index contributed by atoms with van der Waals surface area (Å²) >= 11 is 0. The van der Waals surface area contributed by atoms with Crippen molar-refractivity contribution < 1.29 is 8.42 Å². The summed E-state index contributed by atoms with van der Waals surface area (Å²) in [5.41, 5.74) is 0.360. The minimum atomic E-state index is -3.50. The van der Waals surface area contributed by atoms with Crippen molar-refractivity contribution in [2.75, 3.05) is 19.6 Å². The summed E-state index contributed by atoms with van der Waals surface area (Å²) in [5.74, 6) is 0. The lowest BCUT2D eigenvalue weighted by Crippen LogP contribution is -2.52. The summed E-state index contributed by atoms with van der Waals surface area (Å²) < 4.78 is 26.4. The van der Waals surface area contributed by atoms with Gasteiger partial charge in [0.2, 0.25) is 10.0 Å². The number of nitrogens with zero attached hydrogens (tertiary/aromatic N) is 2. The molecule has 1 aliphatic heterocycles. The van der Waals surface area contributed by atoms with Gasteiger partial charge in [-0.2, -0.15) is 9.57 Å². The Hall–Kier alpha value is -1.42. The lowest BCUT2D eigenvalue weighted by atomic mass is 10.2. The first-order valence-electron chi connectivity index (χ1n) is 5.78. The minimum Gasteiger partial charge on any atom is -0.314 e. The van der Waals surface area contributed by atoms with Crippen molar-refractivity contribution in [2.24, 2.45) is 0 Å². The topological polar surface area (TPSA) is 73.2 Å². The monoisotopic (exact) mass is 265 g/mol. The van der Waals surface area contributed by atoms with E-state index < -0.39 is 10.0 Å². The molecule has 0 amide bonds. The Balaban J connectivity index is 2.38. The molecule has 6 heteroatoms. The van der Waals surface area contributed by atoms with Gasteiger partial charge < -0.3 is 5.32 Å². The van der Waals surface area contributed by atoms with Crippen molar-refractivity contribution in [3.8, 4) is 6.07 Å². The van der Waals surface area contributed by atoms with E-state index in [0.29, 0.717) is 25.2 Å². The number of rotatable bonds is 2. The van der Waals surface area contributed by atoms with Crippen LogP contribution in [0.2, 0.25) is 0 Å². The molecule has 0 bridgehead atoms. The second-order valence-electron chi connectivity index (χ2n) is 4.31. The van der Waals surface area contributed by atoms with Crippen molar-refractivity contribution in [3.05, 3.63) is 29.8 Å². The summed E-state index contributed by atoms with van der Waals surface area (Å²) in [4.78, 5) is 0.190. The average Bonchev–Trinajstić information content (AvgIpc) is 2.39. The predicted octanol–water partition coefficient (Wildman–Crippen LogP) is 0.541. The molecular weight excluding hydrogens is 250 g/mol. The van der Waals surface area contributed by atoms with Gasteiger partial charge in [-0.1, -0.05) is 6.07 Å². The van der Waals surface area contributed by atoms with Gasteiger partial charge in [-0.25, -0.2) is 8.42 Å². The van der Waals surface area contributed by atoms with Gasteiger partial charge in [-0.05, 0) is 25.1 Å². The largest absolute Gasteiger partial charge is 0.314 e. The number of hydrogen-bond acceptors (Lipinski definition) is 4. The van der Waals surface area contributed by atoms with Crippen LogP contribution < -0.4 is 5.32 Å². The van der Waals surface area contributed by atoms with E-state index in [4.69, 9.17) is 5.26 Å². The van der Waals surface area contributed by atoms with Crippen LogP contribution in [0, 0.1) is 11.3 Å². The molecule has 0 radical (unpaired) electrons. The third-order valence-corrected chi connectivity index (χ3v) is 5.02. The van der Waals surface area contributed by atoms with Crippen molar-refractivity contribution >= 4 is 10.0 Å². The van der Waals surface area contributed by atoms with Crippen LogP contribution in [-0.2, 0) is 10.0 Å². The highest BCUT2D eigenvalue weighted by Gasteiger charge is 2.30. The lowest BCUT2D eigenvalue weighted by molar-refractivity contribution is 0.284. The normalized spacial score (nSPS) is 21.4. The summed E-state index contributed by atoms with van der Waals surface area (Å²) in [5, 5.41) is 12.0. The van der Waals surface area contributed by atoms with E-state index in [2.05, 4.69) is 5.32 Å². The van der Waals surface area contributed by atoms with Crippen LogP contribution in [0.1, 0.15) is 12.5 Å². The van der Waals surface area contributed by atoms with Crippen LogP contribution in [0.25, 0.3) is 0 Å². The van der Waals surface area contributed by atoms with E-state index >= 15 is 0 Å². The maximum atomic E-state index is 12.5. The molecular formula is C12H15N3O2S. The van der Waals surface area contributed by atoms with Crippen LogP contribution in [-0.4, -0.2) is 38.4 Å². The van der Waals surface area contributed by atoms with E-state index in [9.17, 15) is 8.42 Å². The standard InChI is InChI=1S/C12H15N3O2S/c1-10-9-14-5-6-15(10)18(16,17)12-4-2-3-11(7-12)8-13/h2-4,7,10,14H,5-6,9H2,1H3/t10-/m0/s1. The number of benzene rings is 1. The van der Waals surface area contributed by atoms with Gasteiger partial charge >= 0.3 is 0 Å². The molecule has 5 nitrogen and oxygen atoms in total. The van der Waals surface area contributed by atoms with Gasteiger partial charge in [0.1, 0.15) is 0 Å². The Kier molecular flexibility index (Phi) is 3.66. The average molecular weight is 265 g/mol. The number of sulfonamides is 1. The van der Waals surface area contributed by atoms with Gasteiger partial charge in [-0.15, -0.1) is 0 Å². The zero-order valence-electron chi connectivity index (χ0n) is 10.1. The molecule has 1 heterocycles. The molecule has 1 fully saturated rings. The molecule has 0 spiro atoms. The fourth-order valence-corrected chi connectivity index (χ4v) is 3.72. The third-order valence-electron chi connectivity index (χ3n) is 3.01. The zero-order valence-corrected chi connectivity index (χ0v) is 10.9. The van der Waals surface area contributed by atoms with Crippen LogP contribution in [0.4, 0.5) is 0 Å². The zero-order chi connectivity index (χ0) is 13.2. The minimum absolute atomic E-state index is 0.0745. The molecule has 1 aliphatic rings. The highest BCUT2D eigenvalue weighted by molar-refractivity contribution is 7.89. The first kappa shape index (κ1) is 13.0. The van der Waals surface area contributed by atoms with E-state index in [1.807, 2.05) is 13.0 Å². The Morgan fingerprint density at radius 3 is 2.94 bits per heavy atom. The molecule has 1 N–H and O–H groups in total. The number of piperazine rings is 1. The molecule has 96 valence electrons. The van der Waals surface area contributed by atoms with Gasteiger partial charge in [0.05, 0.1) is 16.5 Å². The molecule has 1 saturated heterocycles. The van der Waals surface area contributed by atoms with Crippen LogP contribution in [0.15, 0.2) is 29.2 Å². The Labute approximate surface area is 107 Å². The first-order chi connectivity index (χ1) is 8.55. The summed E-state index contributed by atoms with van der Waals surface area (Å²) in [6, 6.07) is 8.03. The number of hydrogen-bond donors (Lipinski definition) is 1. The molecule has 0 aromatic heterocycles. The molecule has 0 aliphatic carbocycles. The van der Waals surface area contributed by atoms with Gasteiger partial charge in [0.25, 0.3) is 0 Å². The summed E-state index contributed by atoms with van der Waals surface area (Å²) in [6.07, 6.45) is 0. The van der Waals surface area contributed by atoms with Crippen molar-refractivity contribution in [3.63, 3.8) is 0 Å². The third kappa shape index (κ3) is 2.38. The molecule has 1 aromatic carbocycles. The van der Waals surface area contributed by atoms with E-state index in [0.717, 1.165) is 0 Å².